The van der Waals surface area contributed by atoms with Gasteiger partial charge >= 0.3 is 0 Å². The maximum Gasteiger partial charge on any atom is 0.268 e. The molecule has 0 rings (SSSR count). The van der Waals surface area contributed by atoms with E-state index in [1.807, 2.05) is 27.2 Å². The molecule has 0 aliphatic heterocycles. The molecule has 9 heteroatoms. The van der Waals surface area contributed by atoms with Crippen LogP contribution in [0.2, 0.25) is 0 Å². The van der Waals surface area contributed by atoms with Gasteiger partial charge in [0, 0.05) is 6.42 Å². The van der Waals surface area contributed by atoms with Gasteiger partial charge < -0.3 is 28.8 Å². The molecule has 3 unspecified atom stereocenters. The van der Waals surface area contributed by atoms with Gasteiger partial charge in [-0.05, 0) is 103 Å². The van der Waals surface area contributed by atoms with Gasteiger partial charge in [0.2, 0.25) is 5.91 Å². The molecule has 0 fully saturated rings. The number of quaternary nitrogens is 1. The van der Waals surface area contributed by atoms with Crippen molar-refractivity contribution in [1.29, 1.82) is 0 Å². The van der Waals surface area contributed by atoms with Crippen LogP contribution in [0.1, 0.15) is 149 Å². The third-order valence-corrected chi connectivity index (χ3v) is 10.5. The standard InChI is InChI=1S/C54H89N2O6P/c1-6-8-10-12-14-16-18-19-20-21-22-23-24-25-26-27-28-29-30-31-32-33-34-35-36-37-38-40-42-44-46-48-54(58)55-52(51-62-63(59,60)61-50-49-56(3,4)5)53(57)47-45-43-41-39-17-15-13-11-9-7-2/h8-11,14,16-17,19-20,22-23,25-26,28-29,31-32,34-35,39,45,47,52-53,57H,6-7,12-13,15,18,21,24,27,30,33,36-38,40-44,46,48-51H2,1-5H3,(H-,55,58,59,60)/b10-8-,11-9+,16-14-,20-19-,23-22-,26-25-,29-28-,32-31-,35-34-,39-17+,47-45+. The molecule has 0 saturated carbocycles. The zero-order valence-electron chi connectivity index (χ0n) is 40.2. The third kappa shape index (κ3) is 46.4. The van der Waals surface area contributed by atoms with Gasteiger partial charge in [0.05, 0.1) is 39.9 Å². The van der Waals surface area contributed by atoms with E-state index in [1.54, 1.807) is 6.08 Å². The molecule has 0 aromatic heterocycles. The molecule has 0 bridgehead atoms. The minimum atomic E-state index is -4.61. The van der Waals surface area contributed by atoms with Crippen LogP contribution >= 0.6 is 7.82 Å². The van der Waals surface area contributed by atoms with Crippen LogP contribution in [-0.2, 0) is 18.4 Å². The van der Waals surface area contributed by atoms with Crippen LogP contribution in [0.3, 0.4) is 0 Å². The fraction of sp³-hybridized carbons (Fsp3) is 0.574. The Bertz CT molecular complexity index is 1480. The summed E-state index contributed by atoms with van der Waals surface area (Å²) in [4.78, 5) is 25.3. The van der Waals surface area contributed by atoms with Crippen molar-refractivity contribution in [2.75, 3.05) is 40.9 Å². The highest BCUT2D eigenvalue weighted by Gasteiger charge is 2.23. The Labute approximate surface area is 386 Å². The highest BCUT2D eigenvalue weighted by atomic mass is 31.2. The van der Waals surface area contributed by atoms with Crippen LogP contribution < -0.4 is 10.2 Å². The second-order valence-electron chi connectivity index (χ2n) is 16.7. The predicted octanol–water partition coefficient (Wildman–Crippen LogP) is 13.4. The number of hydrogen-bond donors (Lipinski definition) is 2. The lowest BCUT2D eigenvalue weighted by Crippen LogP contribution is -2.45. The number of hydrogen-bond acceptors (Lipinski definition) is 6. The van der Waals surface area contributed by atoms with Crippen LogP contribution in [0.25, 0.3) is 0 Å². The van der Waals surface area contributed by atoms with E-state index in [2.05, 4.69) is 141 Å². The number of phosphoric ester groups is 1. The number of aliphatic hydroxyl groups excluding tert-OH is 1. The van der Waals surface area contributed by atoms with E-state index in [0.29, 0.717) is 23.9 Å². The van der Waals surface area contributed by atoms with Gasteiger partial charge in [-0.25, -0.2) is 0 Å². The summed E-state index contributed by atoms with van der Waals surface area (Å²) < 4.78 is 23.1. The van der Waals surface area contributed by atoms with E-state index in [0.717, 1.165) is 122 Å². The molecule has 63 heavy (non-hydrogen) atoms. The normalized spacial score (nSPS) is 15.3. The molecule has 0 aliphatic carbocycles. The second-order valence-corrected chi connectivity index (χ2v) is 18.1. The SMILES string of the molecule is CC/C=C\C/C=C\C/C=C\C/C=C\C/C=C\C/C=C\C/C=C\C/C=C\CCCCCCCCC(=O)NC(COP(=O)([O-])OCC[N+](C)(C)C)C(O)/C=C/CC/C=C/CC/C=C/CC. The number of aliphatic hydroxyl groups is 1. The monoisotopic (exact) mass is 893 g/mol. The summed E-state index contributed by atoms with van der Waals surface area (Å²) in [7, 11) is 1.19. The lowest BCUT2D eigenvalue weighted by molar-refractivity contribution is -0.870. The molecule has 0 heterocycles. The molecular formula is C54H89N2O6P. The smallest absolute Gasteiger partial charge is 0.268 e. The number of phosphoric acid groups is 1. The summed E-state index contributed by atoms with van der Waals surface area (Å²) in [5, 5.41) is 13.7. The quantitative estimate of drug-likeness (QED) is 0.0274. The zero-order valence-corrected chi connectivity index (χ0v) is 41.1. The Kier molecular flexibility index (Phi) is 41.5. The average Bonchev–Trinajstić information content (AvgIpc) is 3.24. The van der Waals surface area contributed by atoms with Crippen LogP contribution in [0, 0.1) is 0 Å². The number of allylic oxidation sites excluding steroid dienone is 21. The Morgan fingerprint density at radius 2 is 0.937 bits per heavy atom. The van der Waals surface area contributed by atoms with Crippen molar-refractivity contribution >= 4 is 13.7 Å². The Morgan fingerprint density at radius 3 is 1.41 bits per heavy atom. The largest absolute Gasteiger partial charge is 0.756 e. The fourth-order valence-corrected chi connectivity index (χ4v) is 6.57. The number of likely N-dealkylation sites (N-methyl/N-ethyl adjacent to an activating group) is 1. The first-order valence-corrected chi connectivity index (χ1v) is 25.5. The average molecular weight is 893 g/mol. The lowest BCUT2D eigenvalue weighted by Gasteiger charge is -2.29. The Hall–Kier alpha value is -3.36. The molecular weight excluding hydrogens is 804 g/mol. The summed E-state index contributed by atoms with van der Waals surface area (Å²) in [6.07, 6.45) is 66.7. The highest BCUT2D eigenvalue weighted by Crippen LogP contribution is 2.38. The number of carbonyl (C=O) groups is 1. The van der Waals surface area contributed by atoms with Crippen LogP contribution in [0.15, 0.2) is 134 Å². The molecule has 2 N–H and O–H groups in total. The van der Waals surface area contributed by atoms with Crippen molar-refractivity contribution in [3.05, 3.63) is 134 Å². The minimum absolute atomic E-state index is 0.0205. The summed E-state index contributed by atoms with van der Waals surface area (Å²) in [5.41, 5.74) is 0. The maximum atomic E-state index is 12.8. The minimum Gasteiger partial charge on any atom is -0.756 e. The van der Waals surface area contributed by atoms with Gasteiger partial charge in [0.1, 0.15) is 13.2 Å². The first-order chi connectivity index (χ1) is 30.5. The van der Waals surface area contributed by atoms with Crippen molar-refractivity contribution in [2.24, 2.45) is 0 Å². The molecule has 0 radical (unpaired) electrons. The van der Waals surface area contributed by atoms with Gasteiger partial charge in [-0.1, -0.05) is 173 Å². The second kappa shape index (κ2) is 43.9. The topological polar surface area (TPSA) is 108 Å². The van der Waals surface area contributed by atoms with Crippen molar-refractivity contribution < 1.29 is 32.9 Å². The van der Waals surface area contributed by atoms with Crippen molar-refractivity contribution in [3.63, 3.8) is 0 Å². The van der Waals surface area contributed by atoms with Crippen molar-refractivity contribution in [3.8, 4) is 0 Å². The van der Waals surface area contributed by atoms with Gasteiger partial charge in [-0.3, -0.25) is 9.36 Å². The van der Waals surface area contributed by atoms with E-state index in [-0.39, 0.29) is 12.5 Å². The number of amides is 1. The zero-order chi connectivity index (χ0) is 46.4. The lowest BCUT2D eigenvalue weighted by atomic mass is 10.1. The Morgan fingerprint density at radius 1 is 0.556 bits per heavy atom. The summed E-state index contributed by atoms with van der Waals surface area (Å²) in [6, 6.07) is -0.926. The molecule has 0 aromatic carbocycles. The van der Waals surface area contributed by atoms with E-state index < -0.39 is 26.6 Å². The Balaban J connectivity index is 4.27. The van der Waals surface area contributed by atoms with Gasteiger partial charge in [0.25, 0.3) is 7.82 Å². The highest BCUT2D eigenvalue weighted by molar-refractivity contribution is 7.45. The molecule has 0 aliphatic rings. The van der Waals surface area contributed by atoms with E-state index in [9.17, 15) is 19.4 Å². The molecule has 0 spiro atoms. The van der Waals surface area contributed by atoms with Crippen LogP contribution in [0.4, 0.5) is 0 Å². The van der Waals surface area contributed by atoms with E-state index >= 15 is 0 Å². The van der Waals surface area contributed by atoms with Gasteiger partial charge in [0.15, 0.2) is 0 Å². The first kappa shape index (κ1) is 59.6. The molecule has 3 atom stereocenters. The summed E-state index contributed by atoms with van der Waals surface area (Å²) in [6.45, 7) is 4.32. The first-order valence-electron chi connectivity index (χ1n) is 24.0. The number of unbranched alkanes of at least 4 members (excludes halogenated alkanes) is 8. The maximum absolute atomic E-state index is 12.8. The van der Waals surface area contributed by atoms with Crippen LogP contribution in [0.5, 0.6) is 0 Å². The third-order valence-electron chi connectivity index (χ3n) is 9.58. The molecule has 0 aromatic rings. The van der Waals surface area contributed by atoms with Crippen molar-refractivity contribution in [2.45, 2.75) is 161 Å². The molecule has 1 amide bonds. The summed E-state index contributed by atoms with van der Waals surface area (Å²) in [5.74, 6) is -0.237. The number of nitrogens with one attached hydrogen (secondary N) is 1. The fourth-order valence-electron chi connectivity index (χ4n) is 5.85. The van der Waals surface area contributed by atoms with Crippen LogP contribution in [-0.4, -0.2) is 68.5 Å². The number of carbonyl (C=O) groups excluding carboxylic acids is 1. The van der Waals surface area contributed by atoms with Gasteiger partial charge in [-0.15, -0.1) is 0 Å². The van der Waals surface area contributed by atoms with E-state index in [4.69, 9.17) is 9.05 Å². The predicted molar refractivity (Wildman–Crippen MR) is 269 cm³/mol. The number of nitrogens with zero attached hydrogens (tertiary/aromatic N) is 1. The van der Waals surface area contributed by atoms with Crippen molar-refractivity contribution in [1.82, 2.24) is 5.32 Å². The molecule has 0 saturated heterocycles. The summed E-state index contributed by atoms with van der Waals surface area (Å²) >= 11 is 0. The molecule has 8 nitrogen and oxygen atoms in total. The number of rotatable bonds is 41. The van der Waals surface area contributed by atoms with E-state index in [1.165, 1.54) is 0 Å². The van der Waals surface area contributed by atoms with Gasteiger partial charge in [-0.2, -0.15) is 0 Å². The molecule has 356 valence electrons.